The number of ether oxygens (including phenoxy) is 1. The fourth-order valence-corrected chi connectivity index (χ4v) is 0.938. The molecule has 1 aromatic rings. The molecule has 0 heterocycles. The second-order valence-corrected chi connectivity index (χ2v) is 2.77. The van der Waals surface area contributed by atoms with E-state index in [-0.39, 0.29) is 5.75 Å². The van der Waals surface area contributed by atoms with Crippen LogP contribution in [0.5, 0.6) is 5.75 Å². The molecule has 0 fully saturated rings. The van der Waals surface area contributed by atoms with Gasteiger partial charge in [0.25, 0.3) is 0 Å². The molecule has 0 unspecified atom stereocenters. The molecule has 0 aliphatic heterocycles. The highest BCUT2D eigenvalue weighted by Crippen LogP contribution is 2.20. The first-order valence-electron chi connectivity index (χ1n) is 3.82. The van der Waals surface area contributed by atoms with Crippen molar-refractivity contribution in [3.8, 4) is 5.75 Å². The van der Waals surface area contributed by atoms with Gasteiger partial charge in [0.15, 0.2) is 0 Å². The van der Waals surface area contributed by atoms with Crippen molar-refractivity contribution in [2.45, 2.75) is 6.61 Å². The number of hydrogen-bond donors (Lipinski definition) is 0. The van der Waals surface area contributed by atoms with Crippen molar-refractivity contribution in [2.75, 3.05) is 19.0 Å². The first-order chi connectivity index (χ1) is 6.09. The van der Waals surface area contributed by atoms with Gasteiger partial charge in [-0.2, -0.15) is 8.78 Å². The van der Waals surface area contributed by atoms with Crippen LogP contribution < -0.4 is 9.64 Å². The number of benzene rings is 1. The summed E-state index contributed by atoms with van der Waals surface area (Å²) in [6.45, 7) is -2.77. The Morgan fingerprint density at radius 2 is 2.00 bits per heavy atom. The van der Waals surface area contributed by atoms with E-state index in [0.717, 1.165) is 5.69 Å². The van der Waals surface area contributed by atoms with Crippen molar-refractivity contribution in [3.63, 3.8) is 0 Å². The first kappa shape index (κ1) is 9.77. The van der Waals surface area contributed by atoms with Crippen molar-refractivity contribution < 1.29 is 13.5 Å². The minimum atomic E-state index is -2.77. The van der Waals surface area contributed by atoms with Crippen LogP contribution in [0.15, 0.2) is 24.3 Å². The number of halogens is 2. The zero-order valence-electron chi connectivity index (χ0n) is 7.50. The summed E-state index contributed by atoms with van der Waals surface area (Å²) in [6, 6.07) is 6.55. The maximum Gasteiger partial charge on any atom is 0.387 e. The van der Waals surface area contributed by atoms with Crippen molar-refractivity contribution in [3.05, 3.63) is 24.3 Å². The van der Waals surface area contributed by atoms with E-state index in [1.807, 2.05) is 25.1 Å². The maximum absolute atomic E-state index is 11.8. The number of hydrogen-bond acceptors (Lipinski definition) is 2. The highest BCUT2D eigenvalue weighted by atomic mass is 19.3. The van der Waals surface area contributed by atoms with Crippen molar-refractivity contribution >= 4 is 5.69 Å². The van der Waals surface area contributed by atoms with Gasteiger partial charge < -0.3 is 9.64 Å². The Hall–Kier alpha value is -1.32. The van der Waals surface area contributed by atoms with Gasteiger partial charge >= 0.3 is 6.61 Å². The number of anilines is 1. The standard InChI is InChI=1S/C9H11F2NO/c1-12(2)7-4-3-5-8(6-7)13-9(10)11/h3-6,9H,1-2H3. The molecule has 1 aromatic carbocycles. The summed E-state index contributed by atoms with van der Waals surface area (Å²) in [5.74, 6) is 0.182. The van der Waals surface area contributed by atoms with Gasteiger partial charge in [-0.25, -0.2) is 0 Å². The fraction of sp³-hybridized carbons (Fsp3) is 0.333. The minimum absolute atomic E-state index is 0.182. The Morgan fingerprint density at radius 1 is 1.31 bits per heavy atom. The second kappa shape index (κ2) is 4.07. The van der Waals surface area contributed by atoms with Crippen LogP contribution in [-0.4, -0.2) is 20.7 Å². The highest BCUT2D eigenvalue weighted by Gasteiger charge is 2.04. The third-order valence-corrected chi connectivity index (χ3v) is 1.56. The normalized spacial score (nSPS) is 10.2. The predicted molar refractivity (Wildman–Crippen MR) is 47.4 cm³/mol. The van der Waals surface area contributed by atoms with E-state index in [9.17, 15) is 8.78 Å². The van der Waals surface area contributed by atoms with Gasteiger partial charge in [0.1, 0.15) is 5.75 Å². The van der Waals surface area contributed by atoms with E-state index >= 15 is 0 Å². The molecule has 0 aliphatic carbocycles. The maximum atomic E-state index is 11.8. The molecule has 0 atom stereocenters. The fourth-order valence-electron chi connectivity index (χ4n) is 0.938. The molecule has 0 saturated heterocycles. The van der Waals surface area contributed by atoms with Crippen LogP contribution in [-0.2, 0) is 0 Å². The topological polar surface area (TPSA) is 12.5 Å². The van der Waals surface area contributed by atoms with Gasteiger partial charge in [0, 0.05) is 25.8 Å². The monoisotopic (exact) mass is 187 g/mol. The molecule has 0 aromatic heterocycles. The third-order valence-electron chi connectivity index (χ3n) is 1.56. The van der Waals surface area contributed by atoms with Crippen molar-refractivity contribution in [1.82, 2.24) is 0 Å². The number of alkyl halides is 2. The minimum Gasteiger partial charge on any atom is -0.435 e. The van der Waals surface area contributed by atoms with Crippen LogP contribution in [0.3, 0.4) is 0 Å². The van der Waals surface area contributed by atoms with E-state index in [1.54, 1.807) is 12.1 Å². The van der Waals surface area contributed by atoms with E-state index in [1.165, 1.54) is 6.07 Å². The van der Waals surface area contributed by atoms with Crippen LogP contribution in [0.25, 0.3) is 0 Å². The van der Waals surface area contributed by atoms with Crippen molar-refractivity contribution in [1.29, 1.82) is 0 Å². The summed E-state index contributed by atoms with van der Waals surface area (Å²) in [7, 11) is 3.67. The van der Waals surface area contributed by atoms with Gasteiger partial charge in [-0.1, -0.05) is 6.07 Å². The van der Waals surface area contributed by atoms with Gasteiger partial charge in [-0.05, 0) is 12.1 Å². The van der Waals surface area contributed by atoms with Crippen LogP contribution in [0.2, 0.25) is 0 Å². The lowest BCUT2D eigenvalue weighted by atomic mass is 10.3. The molecule has 13 heavy (non-hydrogen) atoms. The highest BCUT2D eigenvalue weighted by molar-refractivity contribution is 5.49. The Labute approximate surface area is 75.7 Å². The lowest BCUT2D eigenvalue weighted by molar-refractivity contribution is -0.0498. The molecule has 0 aliphatic rings. The van der Waals surface area contributed by atoms with Gasteiger partial charge in [-0.3, -0.25) is 0 Å². The van der Waals surface area contributed by atoms with E-state index < -0.39 is 6.61 Å². The van der Waals surface area contributed by atoms with Crippen LogP contribution in [0.4, 0.5) is 14.5 Å². The first-order valence-corrected chi connectivity index (χ1v) is 3.82. The largest absolute Gasteiger partial charge is 0.435 e. The van der Waals surface area contributed by atoms with Crippen molar-refractivity contribution in [2.24, 2.45) is 0 Å². The Kier molecular flexibility index (Phi) is 3.06. The molecule has 0 saturated carbocycles. The molecule has 2 nitrogen and oxygen atoms in total. The zero-order valence-corrected chi connectivity index (χ0v) is 7.50. The van der Waals surface area contributed by atoms with E-state index in [0.29, 0.717) is 0 Å². The lowest BCUT2D eigenvalue weighted by Crippen LogP contribution is -2.09. The van der Waals surface area contributed by atoms with Gasteiger partial charge in [-0.15, -0.1) is 0 Å². The molecule has 0 bridgehead atoms. The van der Waals surface area contributed by atoms with Gasteiger partial charge in [0.05, 0.1) is 0 Å². The molecule has 4 heteroatoms. The SMILES string of the molecule is CN(C)c1cccc(OC(F)F)c1. The average Bonchev–Trinajstić information content (AvgIpc) is 2.03. The smallest absolute Gasteiger partial charge is 0.387 e. The molecule has 0 amide bonds. The summed E-state index contributed by atoms with van der Waals surface area (Å²) in [5.41, 5.74) is 0.832. The van der Waals surface area contributed by atoms with E-state index in [4.69, 9.17) is 0 Å². The number of rotatable bonds is 3. The molecular weight excluding hydrogens is 176 g/mol. The Bertz CT molecular complexity index is 276. The van der Waals surface area contributed by atoms with Gasteiger partial charge in [0.2, 0.25) is 0 Å². The zero-order chi connectivity index (χ0) is 9.84. The molecule has 0 N–H and O–H groups in total. The Morgan fingerprint density at radius 3 is 2.54 bits per heavy atom. The number of nitrogens with zero attached hydrogens (tertiary/aromatic N) is 1. The molecule has 1 rings (SSSR count). The second-order valence-electron chi connectivity index (χ2n) is 2.77. The molecule has 0 spiro atoms. The summed E-state index contributed by atoms with van der Waals surface area (Å²) < 4.78 is 27.9. The Balaban J connectivity index is 2.79. The summed E-state index contributed by atoms with van der Waals surface area (Å²) >= 11 is 0. The summed E-state index contributed by atoms with van der Waals surface area (Å²) in [4.78, 5) is 1.82. The predicted octanol–water partition coefficient (Wildman–Crippen LogP) is 2.35. The third kappa shape index (κ3) is 2.89. The lowest BCUT2D eigenvalue weighted by Gasteiger charge is -2.13. The summed E-state index contributed by atoms with van der Waals surface area (Å²) in [5, 5.41) is 0. The molecule has 72 valence electrons. The molecular formula is C9H11F2NO. The molecule has 0 radical (unpaired) electrons. The van der Waals surface area contributed by atoms with Crippen LogP contribution >= 0.6 is 0 Å². The van der Waals surface area contributed by atoms with Crippen LogP contribution in [0.1, 0.15) is 0 Å². The average molecular weight is 187 g/mol. The quantitative estimate of drug-likeness (QED) is 0.720. The summed E-state index contributed by atoms with van der Waals surface area (Å²) in [6.07, 6.45) is 0. The van der Waals surface area contributed by atoms with Crippen LogP contribution in [0, 0.1) is 0 Å². The van der Waals surface area contributed by atoms with E-state index in [2.05, 4.69) is 4.74 Å².